The molecule has 0 bridgehead atoms. The zero-order valence-corrected chi connectivity index (χ0v) is 25.1. The Morgan fingerprint density at radius 1 is 0.394 bits per heavy atom. The Labute approximate surface area is 208 Å². The summed E-state index contributed by atoms with van der Waals surface area (Å²) < 4.78 is 37.9. The highest BCUT2D eigenvalue weighted by atomic mass is 32.3. The largest absolute Gasteiger partial charge is 0.870 e. The number of hydrogen-bond donors (Lipinski definition) is 0. The van der Waals surface area contributed by atoms with Gasteiger partial charge in [-0.05, 0) is 83.1 Å². The van der Waals surface area contributed by atoms with Gasteiger partial charge >= 0.3 is 0 Å². The summed E-state index contributed by atoms with van der Waals surface area (Å²) in [5.41, 5.74) is 0. The van der Waals surface area contributed by atoms with E-state index in [0.717, 1.165) is 0 Å². The minimum atomic E-state index is -5.17. The van der Waals surface area contributed by atoms with Crippen LogP contribution in [-0.2, 0) is 10.4 Å². The molecule has 0 rings (SSSR count). The highest BCUT2D eigenvalue weighted by molar-refractivity contribution is 7.79. The molecule has 33 heavy (non-hydrogen) atoms. The summed E-state index contributed by atoms with van der Waals surface area (Å²) >= 11 is 0. The minimum absolute atomic E-state index is 0. The second-order valence-electron chi connectivity index (χ2n) is 8.23. The van der Waals surface area contributed by atoms with E-state index in [-0.39, 0.29) is 5.48 Å². The van der Waals surface area contributed by atoms with Gasteiger partial charge in [0.25, 0.3) is 0 Å². The van der Waals surface area contributed by atoms with E-state index in [2.05, 4.69) is 83.1 Å². The van der Waals surface area contributed by atoms with Crippen molar-refractivity contribution < 1.29 is 36.4 Å². The highest BCUT2D eigenvalue weighted by Crippen LogP contribution is 2.04. The van der Waals surface area contributed by atoms with Crippen molar-refractivity contribution in [3.05, 3.63) is 0 Å². The van der Waals surface area contributed by atoms with Crippen molar-refractivity contribution in [3.8, 4) is 0 Å². The number of quaternary nitrogens is 3. The summed E-state index contributed by atoms with van der Waals surface area (Å²) in [6.07, 6.45) is 0. The van der Waals surface area contributed by atoms with Crippen molar-refractivity contribution in [2.24, 2.45) is 0 Å². The average molecular weight is 504 g/mol. The molecule has 1 N–H and O–H groups in total. The second kappa shape index (κ2) is 23.5. The van der Waals surface area contributed by atoms with E-state index in [1.54, 1.807) is 0 Å². The molecule has 0 radical (unpaired) electrons. The molecule has 9 heteroatoms. The highest BCUT2D eigenvalue weighted by Gasteiger charge is 2.17. The molecule has 0 aromatic carbocycles. The van der Waals surface area contributed by atoms with Gasteiger partial charge in [0.1, 0.15) is 0 Å². The summed E-state index contributed by atoms with van der Waals surface area (Å²) in [6, 6.07) is 0. The molecule has 0 amide bonds. The quantitative estimate of drug-likeness (QED) is 0.226. The third kappa shape index (κ3) is 21.9. The maximum Gasteiger partial charge on any atom is 0.0757 e. The molecule has 0 aromatic heterocycles. The number of hydrogen-bond acceptors (Lipinski definition) is 5. The van der Waals surface area contributed by atoms with E-state index in [4.69, 9.17) is 17.5 Å². The average Bonchev–Trinajstić information content (AvgIpc) is 2.80. The Balaban J connectivity index is -0.000000107. The molecule has 0 spiro atoms. The van der Waals surface area contributed by atoms with Gasteiger partial charge in [-0.3, -0.25) is 8.42 Å². The van der Waals surface area contributed by atoms with Crippen LogP contribution in [0.4, 0.5) is 0 Å². The van der Waals surface area contributed by atoms with Crippen LogP contribution in [0.2, 0.25) is 0 Å². The van der Waals surface area contributed by atoms with Gasteiger partial charge < -0.3 is 28.0 Å². The maximum atomic E-state index is 8.52. The van der Waals surface area contributed by atoms with Crippen LogP contribution in [0.5, 0.6) is 0 Å². The molecule has 208 valence electrons. The first-order valence-corrected chi connectivity index (χ1v) is 14.3. The molecule has 0 aliphatic heterocycles. The van der Waals surface area contributed by atoms with E-state index >= 15 is 0 Å². The lowest BCUT2D eigenvalue weighted by atomic mass is 10.3. The van der Waals surface area contributed by atoms with Crippen molar-refractivity contribution in [1.82, 2.24) is 0 Å². The summed E-state index contributed by atoms with van der Waals surface area (Å²) in [7, 11) is -5.17. The molecular formula is C24H61N3O5S. The summed E-state index contributed by atoms with van der Waals surface area (Å²) in [6.45, 7) is 42.7. The summed E-state index contributed by atoms with van der Waals surface area (Å²) in [5, 5.41) is 0. The lowest BCUT2D eigenvalue weighted by molar-refractivity contribution is -0.921. The smallest absolute Gasteiger partial charge is 0.0757 e. The molecule has 0 aromatic rings. The Kier molecular flexibility index (Phi) is 30.4. The topological polar surface area (TPSA) is 110 Å². The van der Waals surface area contributed by atoms with Gasteiger partial charge in [0.15, 0.2) is 0 Å². The normalized spacial score (nSPS) is 11.6. The SMILES string of the molecule is CC[N+](CC)(CC)CC.CC[N+](CC)(CC)CC.CC[N+](CC)(CC)CC.O=S(=O)([O-])[O-].[OH-]. The molecule has 0 fully saturated rings. The number of rotatable bonds is 12. The molecule has 0 saturated heterocycles. The third-order valence-corrected chi connectivity index (χ3v) is 8.05. The predicted octanol–water partition coefficient (Wildman–Crippen LogP) is 4.13. The molecule has 0 heterocycles. The Morgan fingerprint density at radius 3 is 0.455 bits per heavy atom. The lowest BCUT2D eigenvalue weighted by Crippen LogP contribution is -2.47. The van der Waals surface area contributed by atoms with Gasteiger partial charge in [0.2, 0.25) is 0 Å². The predicted molar refractivity (Wildman–Crippen MR) is 140 cm³/mol. The monoisotopic (exact) mass is 503 g/mol. The zero-order valence-electron chi connectivity index (χ0n) is 24.3. The van der Waals surface area contributed by atoms with Crippen LogP contribution in [0.3, 0.4) is 0 Å². The van der Waals surface area contributed by atoms with Crippen LogP contribution in [-0.4, -0.2) is 115 Å². The molecule has 0 aliphatic rings. The van der Waals surface area contributed by atoms with Crippen LogP contribution < -0.4 is 0 Å². The van der Waals surface area contributed by atoms with Crippen LogP contribution >= 0.6 is 0 Å². The van der Waals surface area contributed by atoms with Gasteiger partial charge in [0, 0.05) is 10.4 Å². The summed E-state index contributed by atoms with van der Waals surface area (Å²) in [5.74, 6) is 0. The van der Waals surface area contributed by atoms with Crippen LogP contribution in [0, 0.1) is 0 Å². The van der Waals surface area contributed by atoms with E-state index < -0.39 is 10.4 Å². The standard InChI is InChI=1S/3C8H20N.H2O4S.H2O/c3*1-5-9(6-2,7-3)8-4;1-5(2,3)4;/h3*5-8H2,1-4H3;(H2,1,2,3,4);1H2/q3*+1;;/p-3. The molecule has 0 atom stereocenters. The fourth-order valence-electron chi connectivity index (χ4n) is 4.02. The number of nitrogens with zero attached hydrogens (tertiary/aromatic N) is 3. The molecular weight excluding hydrogens is 442 g/mol. The van der Waals surface area contributed by atoms with E-state index in [0.29, 0.717) is 0 Å². The van der Waals surface area contributed by atoms with Crippen LogP contribution in [0.25, 0.3) is 0 Å². The minimum Gasteiger partial charge on any atom is -0.870 e. The Morgan fingerprint density at radius 2 is 0.455 bits per heavy atom. The first-order chi connectivity index (χ1) is 14.7. The van der Waals surface area contributed by atoms with Gasteiger partial charge in [-0.1, -0.05) is 0 Å². The van der Waals surface area contributed by atoms with Gasteiger partial charge in [-0.2, -0.15) is 0 Å². The van der Waals surface area contributed by atoms with E-state index in [1.165, 1.54) is 92.0 Å². The first kappa shape index (κ1) is 42.8. The molecule has 0 aliphatic carbocycles. The molecule has 0 saturated carbocycles. The van der Waals surface area contributed by atoms with E-state index in [1.807, 2.05) is 0 Å². The van der Waals surface area contributed by atoms with Crippen molar-refractivity contribution in [2.75, 3.05) is 78.5 Å². The first-order valence-electron chi connectivity index (χ1n) is 12.9. The van der Waals surface area contributed by atoms with Crippen molar-refractivity contribution >= 4 is 10.4 Å². The summed E-state index contributed by atoms with van der Waals surface area (Å²) in [4.78, 5) is 0. The zero-order chi connectivity index (χ0) is 26.5. The third-order valence-electron chi connectivity index (χ3n) is 8.05. The van der Waals surface area contributed by atoms with Gasteiger partial charge in [0.05, 0.1) is 78.5 Å². The van der Waals surface area contributed by atoms with Crippen LogP contribution in [0.15, 0.2) is 0 Å². The fraction of sp³-hybridized carbons (Fsp3) is 1.00. The van der Waals surface area contributed by atoms with E-state index in [9.17, 15) is 0 Å². The van der Waals surface area contributed by atoms with Gasteiger partial charge in [-0.25, -0.2) is 0 Å². The Bertz CT molecular complexity index is 382. The van der Waals surface area contributed by atoms with Crippen molar-refractivity contribution in [2.45, 2.75) is 83.1 Å². The van der Waals surface area contributed by atoms with Gasteiger partial charge in [-0.15, -0.1) is 0 Å². The van der Waals surface area contributed by atoms with Crippen LogP contribution in [0.1, 0.15) is 83.1 Å². The maximum absolute atomic E-state index is 8.52. The molecule has 0 unspecified atom stereocenters. The fourth-order valence-corrected chi connectivity index (χ4v) is 4.02. The van der Waals surface area contributed by atoms with Crippen molar-refractivity contribution in [3.63, 3.8) is 0 Å². The van der Waals surface area contributed by atoms with Crippen molar-refractivity contribution in [1.29, 1.82) is 0 Å². The lowest BCUT2D eigenvalue weighted by Gasteiger charge is -2.34. The molecule has 8 nitrogen and oxygen atoms in total. The Hall–Kier alpha value is -0.290. The second-order valence-corrected chi connectivity index (χ2v) is 9.04.